The molecule has 0 aliphatic heterocycles. The van der Waals surface area contributed by atoms with Gasteiger partial charge in [0.1, 0.15) is 11.5 Å². The molecule has 0 bridgehead atoms. The molecule has 20 heavy (non-hydrogen) atoms. The fourth-order valence-corrected chi connectivity index (χ4v) is 2.19. The number of rotatable bonds is 6. The van der Waals surface area contributed by atoms with Gasteiger partial charge in [-0.2, -0.15) is 0 Å². The Labute approximate surface area is 120 Å². The van der Waals surface area contributed by atoms with E-state index in [1.54, 1.807) is 19.2 Å². The normalized spacial score (nSPS) is 12.1. The van der Waals surface area contributed by atoms with Gasteiger partial charge in [0, 0.05) is 12.6 Å². The molecule has 0 aliphatic carbocycles. The van der Waals surface area contributed by atoms with E-state index in [-0.39, 0.29) is 6.04 Å². The highest BCUT2D eigenvalue weighted by Gasteiger charge is 2.08. The Morgan fingerprint density at radius 1 is 1.05 bits per heavy atom. The molecule has 0 saturated carbocycles. The van der Waals surface area contributed by atoms with E-state index in [0.29, 0.717) is 5.75 Å². The SMILES string of the molecule is CCC(NCc1ccc(OC)cc1)c1ccc(O)cc1. The Morgan fingerprint density at radius 3 is 2.25 bits per heavy atom. The fourth-order valence-electron chi connectivity index (χ4n) is 2.19. The van der Waals surface area contributed by atoms with Crippen molar-refractivity contribution in [3.8, 4) is 11.5 Å². The van der Waals surface area contributed by atoms with E-state index in [1.807, 2.05) is 24.3 Å². The van der Waals surface area contributed by atoms with Gasteiger partial charge in [0.05, 0.1) is 7.11 Å². The van der Waals surface area contributed by atoms with E-state index in [9.17, 15) is 5.11 Å². The Balaban J connectivity index is 1.97. The lowest BCUT2D eigenvalue weighted by atomic mass is 10.0. The number of hydrogen-bond acceptors (Lipinski definition) is 3. The summed E-state index contributed by atoms with van der Waals surface area (Å²) in [5, 5.41) is 12.9. The molecule has 106 valence electrons. The molecule has 0 saturated heterocycles. The van der Waals surface area contributed by atoms with Crippen LogP contribution >= 0.6 is 0 Å². The van der Waals surface area contributed by atoms with Gasteiger partial charge in [0.2, 0.25) is 0 Å². The minimum atomic E-state index is 0.290. The average Bonchev–Trinajstić information content (AvgIpc) is 2.50. The first kappa shape index (κ1) is 14.4. The molecule has 0 spiro atoms. The van der Waals surface area contributed by atoms with Crippen molar-refractivity contribution < 1.29 is 9.84 Å². The summed E-state index contributed by atoms with van der Waals surface area (Å²) in [6.45, 7) is 2.96. The fraction of sp³-hybridized carbons (Fsp3) is 0.294. The van der Waals surface area contributed by atoms with Gasteiger partial charge in [-0.15, -0.1) is 0 Å². The van der Waals surface area contributed by atoms with Crippen LogP contribution in [0.3, 0.4) is 0 Å². The van der Waals surface area contributed by atoms with Crippen LogP contribution in [0.1, 0.15) is 30.5 Å². The monoisotopic (exact) mass is 271 g/mol. The number of hydrogen-bond donors (Lipinski definition) is 2. The first-order valence-electron chi connectivity index (χ1n) is 6.88. The molecule has 0 heterocycles. The second-order valence-corrected chi connectivity index (χ2v) is 4.78. The summed E-state index contributed by atoms with van der Waals surface area (Å²) in [7, 11) is 1.67. The van der Waals surface area contributed by atoms with Crippen LogP contribution in [0.2, 0.25) is 0 Å². The molecule has 0 fully saturated rings. The van der Waals surface area contributed by atoms with Gasteiger partial charge in [-0.25, -0.2) is 0 Å². The maximum absolute atomic E-state index is 9.34. The van der Waals surface area contributed by atoms with Crippen molar-refractivity contribution >= 4 is 0 Å². The van der Waals surface area contributed by atoms with E-state index in [4.69, 9.17) is 4.74 Å². The minimum Gasteiger partial charge on any atom is -0.508 e. The van der Waals surface area contributed by atoms with Crippen LogP contribution in [0.15, 0.2) is 48.5 Å². The molecule has 0 aromatic heterocycles. The van der Waals surface area contributed by atoms with Gasteiger partial charge >= 0.3 is 0 Å². The summed E-state index contributed by atoms with van der Waals surface area (Å²) in [4.78, 5) is 0. The molecule has 2 N–H and O–H groups in total. The van der Waals surface area contributed by atoms with Crippen LogP contribution < -0.4 is 10.1 Å². The Hall–Kier alpha value is -2.00. The second-order valence-electron chi connectivity index (χ2n) is 4.78. The van der Waals surface area contributed by atoms with E-state index in [2.05, 4.69) is 24.4 Å². The van der Waals surface area contributed by atoms with Crippen LogP contribution in [0.4, 0.5) is 0 Å². The van der Waals surface area contributed by atoms with Crippen LogP contribution in [0, 0.1) is 0 Å². The third-order valence-corrected chi connectivity index (χ3v) is 3.42. The lowest BCUT2D eigenvalue weighted by Gasteiger charge is -2.17. The van der Waals surface area contributed by atoms with Gasteiger partial charge in [0.15, 0.2) is 0 Å². The van der Waals surface area contributed by atoms with Gasteiger partial charge in [-0.3, -0.25) is 0 Å². The lowest BCUT2D eigenvalue weighted by molar-refractivity contribution is 0.414. The van der Waals surface area contributed by atoms with E-state index < -0.39 is 0 Å². The lowest BCUT2D eigenvalue weighted by Crippen LogP contribution is -2.20. The summed E-state index contributed by atoms with van der Waals surface area (Å²) in [5.74, 6) is 1.18. The van der Waals surface area contributed by atoms with Crippen molar-refractivity contribution in [3.63, 3.8) is 0 Å². The van der Waals surface area contributed by atoms with Crippen LogP contribution in [0.25, 0.3) is 0 Å². The van der Waals surface area contributed by atoms with E-state index >= 15 is 0 Å². The van der Waals surface area contributed by atoms with Crippen LogP contribution in [0.5, 0.6) is 11.5 Å². The first-order valence-corrected chi connectivity index (χ1v) is 6.88. The number of phenols is 1. The Kier molecular flexibility index (Phi) is 5.02. The molecule has 0 aliphatic rings. The highest BCUT2D eigenvalue weighted by atomic mass is 16.5. The van der Waals surface area contributed by atoms with Crippen molar-refractivity contribution in [3.05, 3.63) is 59.7 Å². The van der Waals surface area contributed by atoms with Crippen molar-refractivity contribution in [2.24, 2.45) is 0 Å². The molecular formula is C17H21NO2. The topological polar surface area (TPSA) is 41.5 Å². The molecule has 2 rings (SSSR count). The highest BCUT2D eigenvalue weighted by Crippen LogP contribution is 2.20. The summed E-state index contributed by atoms with van der Waals surface area (Å²) in [6.07, 6.45) is 1.00. The van der Waals surface area contributed by atoms with Gasteiger partial charge < -0.3 is 15.2 Å². The molecule has 2 aromatic carbocycles. The highest BCUT2D eigenvalue weighted by molar-refractivity contribution is 5.29. The standard InChI is InChI=1S/C17H21NO2/c1-3-17(14-6-8-15(19)9-7-14)18-12-13-4-10-16(20-2)11-5-13/h4-11,17-19H,3,12H2,1-2H3. The summed E-state index contributed by atoms with van der Waals surface area (Å²) < 4.78 is 5.15. The molecule has 3 heteroatoms. The maximum atomic E-state index is 9.34. The number of aromatic hydroxyl groups is 1. The third-order valence-electron chi connectivity index (χ3n) is 3.42. The quantitative estimate of drug-likeness (QED) is 0.842. The van der Waals surface area contributed by atoms with Crippen LogP contribution in [-0.4, -0.2) is 12.2 Å². The summed E-state index contributed by atoms with van der Waals surface area (Å²) in [5.41, 5.74) is 2.42. The van der Waals surface area contributed by atoms with Crippen molar-refractivity contribution in [1.29, 1.82) is 0 Å². The zero-order valence-electron chi connectivity index (χ0n) is 12.0. The molecule has 0 radical (unpaired) electrons. The third kappa shape index (κ3) is 3.75. The average molecular weight is 271 g/mol. The predicted octanol–water partition coefficient (Wildman–Crippen LogP) is 3.64. The van der Waals surface area contributed by atoms with Crippen molar-refractivity contribution in [2.75, 3.05) is 7.11 Å². The van der Waals surface area contributed by atoms with Gasteiger partial charge in [-0.1, -0.05) is 31.2 Å². The number of ether oxygens (including phenoxy) is 1. The number of benzene rings is 2. The predicted molar refractivity (Wildman–Crippen MR) is 81.0 cm³/mol. The zero-order chi connectivity index (χ0) is 14.4. The summed E-state index contributed by atoms with van der Waals surface area (Å²) >= 11 is 0. The minimum absolute atomic E-state index is 0.290. The van der Waals surface area contributed by atoms with Crippen molar-refractivity contribution in [2.45, 2.75) is 25.9 Å². The van der Waals surface area contributed by atoms with E-state index in [1.165, 1.54) is 11.1 Å². The molecule has 3 nitrogen and oxygen atoms in total. The summed E-state index contributed by atoms with van der Waals surface area (Å²) in [6, 6.07) is 15.7. The second kappa shape index (κ2) is 6.96. The zero-order valence-corrected chi connectivity index (χ0v) is 12.0. The number of nitrogens with one attached hydrogen (secondary N) is 1. The molecule has 1 unspecified atom stereocenters. The van der Waals surface area contributed by atoms with E-state index in [0.717, 1.165) is 18.7 Å². The first-order chi connectivity index (χ1) is 9.72. The van der Waals surface area contributed by atoms with Gasteiger partial charge in [0.25, 0.3) is 0 Å². The van der Waals surface area contributed by atoms with Crippen molar-refractivity contribution in [1.82, 2.24) is 5.32 Å². The number of methoxy groups -OCH3 is 1. The maximum Gasteiger partial charge on any atom is 0.118 e. The molecule has 2 aromatic rings. The van der Waals surface area contributed by atoms with Gasteiger partial charge in [-0.05, 0) is 41.8 Å². The molecule has 1 atom stereocenters. The molecular weight excluding hydrogens is 250 g/mol. The Bertz CT molecular complexity index is 520. The smallest absolute Gasteiger partial charge is 0.118 e. The van der Waals surface area contributed by atoms with Crippen LogP contribution in [-0.2, 0) is 6.54 Å². The number of phenolic OH excluding ortho intramolecular Hbond substituents is 1. The largest absolute Gasteiger partial charge is 0.508 e. The molecule has 0 amide bonds. The Morgan fingerprint density at radius 2 is 1.70 bits per heavy atom.